The summed E-state index contributed by atoms with van der Waals surface area (Å²) in [4.78, 5) is 17.4. The van der Waals surface area contributed by atoms with E-state index in [1.807, 2.05) is 44.2 Å². The fourth-order valence-electron chi connectivity index (χ4n) is 4.27. The van der Waals surface area contributed by atoms with Crippen LogP contribution in [0.2, 0.25) is 0 Å². The molecule has 0 saturated carbocycles. The van der Waals surface area contributed by atoms with Gasteiger partial charge in [0.25, 0.3) is 0 Å². The molecule has 2 heterocycles. The molecular formula is C23H29N3O4S. The fourth-order valence-corrected chi connectivity index (χ4v) is 5.92. The maximum absolute atomic E-state index is 13.6. The lowest BCUT2D eigenvalue weighted by atomic mass is 10.1. The molecular weight excluding hydrogens is 414 g/mol. The first-order valence-corrected chi connectivity index (χ1v) is 12.1. The molecule has 8 heteroatoms. The van der Waals surface area contributed by atoms with Gasteiger partial charge in [0.1, 0.15) is 6.17 Å². The van der Waals surface area contributed by atoms with Crippen LogP contribution in [0.5, 0.6) is 0 Å². The molecule has 0 unspecified atom stereocenters. The Morgan fingerprint density at radius 1 is 1.03 bits per heavy atom. The molecule has 2 atom stereocenters. The lowest BCUT2D eigenvalue weighted by molar-refractivity contribution is -0.137. The van der Waals surface area contributed by atoms with Crippen LogP contribution in [0.4, 0.5) is 0 Å². The van der Waals surface area contributed by atoms with Gasteiger partial charge in [0, 0.05) is 25.7 Å². The van der Waals surface area contributed by atoms with Gasteiger partial charge in [0.15, 0.2) is 0 Å². The van der Waals surface area contributed by atoms with Crippen LogP contribution < -0.4 is 0 Å². The second-order valence-corrected chi connectivity index (χ2v) is 10.1. The summed E-state index contributed by atoms with van der Waals surface area (Å²) in [6.07, 6.45) is -0.670. The van der Waals surface area contributed by atoms with Crippen molar-refractivity contribution < 1.29 is 17.9 Å². The number of amides is 1. The van der Waals surface area contributed by atoms with E-state index in [1.165, 1.54) is 4.31 Å². The second-order valence-electron chi connectivity index (χ2n) is 8.21. The Balaban J connectivity index is 1.68. The number of sulfonamides is 1. The molecule has 4 rings (SSSR count). The summed E-state index contributed by atoms with van der Waals surface area (Å²) in [5.74, 6) is -0.0649. The highest BCUT2D eigenvalue weighted by atomic mass is 32.2. The number of carbonyl (C=O) groups is 1. The molecule has 2 aliphatic heterocycles. The number of hydrogen-bond acceptors (Lipinski definition) is 5. The molecule has 2 aromatic carbocycles. The number of aryl methyl sites for hydroxylation is 1. The van der Waals surface area contributed by atoms with Gasteiger partial charge in [-0.15, -0.1) is 0 Å². The third kappa shape index (κ3) is 4.52. The van der Waals surface area contributed by atoms with Crippen LogP contribution in [-0.4, -0.2) is 73.9 Å². The lowest BCUT2D eigenvalue weighted by Crippen LogP contribution is -2.47. The van der Waals surface area contributed by atoms with Gasteiger partial charge >= 0.3 is 0 Å². The number of morpholine rings is 1. The van der Waals surface area contributed by atoms with Crippen LogP contribution in [0.3, 0.4) is 0 Å². The summed E-state index contributed by atoms with van der Waals surface area (Å²) in [5.41, 5.74) is 1.79. The predicted molar refractivity (Wildman–Crippen MR) is 118 cm³/mol. The van der Waals surface area contributed by atoms with Crippen LogP contribution in [0.15, 0.2) is 59.5 Å². The van der Waals surface area contributed by atoms with Crippen molar-refractivity contribution in [3.8, 4) is 0 Å². The van der Waals surface area contributed by atoms with Crippen molar-refractivity contribution in [1.82, 2.24) is 14.1 Å². The average Bonchev–Trinajstić information content (AvgIpc) is 3.13. The molecule has 0 N–H and O–H groups in total. The van der Waals surface area contributed by atoms with Crippen LogP contribution in [0.25, 0.3) is 0 Å². The number of hydrogen-bond donors (Lipinski definition) is 0. The molecule has 0 radical (unpaired) electrons. The summed E-state index contributed by atoms with van der Waals surface area (Å²) in [6.45, 7) is 6.98. The smallest absolute Gasteiger partial charge is 0.245 e. The minimum absolute atomic E-state index is 0.0649. The van der Waals surface area contributed by atoms with E-state index in [0.717, 1.165) is 11.1 Å². The highest BCUT2D eigenvalue weighted by Gasteiger charge is 2.47. The number of benzene rings is 2. The minimum atomic E-state index is -3.78. The third-order valence-electron chi connectivity index (χ3n) is 5.93. The van der Waals surface area contributed by atoms with Crippen LogP contribution in [-0.2, 0) is 19.6 Å². The largest absolute Gasteiger partial charge is 0.379 e. The van der Waals surface area contributed by atoms with E-state index in [9.17, 15) is 13.2 Å². The Morgan fingerprint density at radius 3 is 2.32 bits per heavy atom. The molecule has 0 spiro atoms. The molecule has 0 aromatic heterocycles. The molecule has 7 nitrogen and oxygen atoms in total. The SMILES string of the molecule is Cc1ccc(S(=O)(=O)N2C[C@@H](C)N(C(=O)CN3CCOCC3)[C@@H]2c2ccccc2)cc1. The number of carbonyl (C=O) groups excluding carboxylic acids is 1. The lowest BCUT2D eigenvalue weighted by Gasteiger charge is -2.34. The van der Waals surface area contributed by atoms with Crippen molar-refractivity contribution in [3.63, 3.8) is 0 Å². The monoisotopic (exact) mass is 443 g/mol. The standard InChI is InChI=1S/C23H29N3O4S/c1-18-8-10-21(11-9-18)31(28,29)25-16-19(2)26(23(25)20-6-4-3-5-7-20)22(27)17-24-12-14-30-15-13-24/h3-11,19,23H,12-17H2,1-2H3/t19-,23-/m1/s1. The molecule has 2 aromatic rings. The Kier molecular flexibility index (Phi) is 6.43. The van der Waals surface area contributed by atoms with E-state index in [0.29, 0.717) is 26.3 Å². The maximum atomic E-state index is 13.6. The number of nitrogens with zero attached hydrogens (tertiary/aromatic N) is 3. The van der Waals surface area contributed by atoms with Gasteiger partial charge in [-0.3, -0.25) is 9.69 Å². The van der Waals surface area contributed by atoms with Crippen molar-refractivity contribution in [2.45, 2.75) is 31.0 Å². The molecule has 2 saturated heterocycles. The van der Waals surface area contributed by atoms with Gasteiger partial charge in [-0.2, -0.15) is 4.31 Å². The molecule has 0 aliphatic carbocycles. The molecule has 1 amide bonds. The molecule has 31 heavy (non-hydrogen) atoms. The highest BCUT2D eigenvalue weighted by Crippen LogP contribution is 2.38. The van der Waals surface area contributed by atoms with Crippen LogP contribution in [0, 0.1) is 6.92 Å². The Bertz CT molecular complexity index is 1000. The van der Waals surface area contributed by atoms with Gasteiger partial charge in [0.05, 0.1) is 24.7 Å². The van der Waals surface area contributed by atoms with Gasteiger partial charge in [0.2, 0.25) is 15.9 Å². The summed E-state index contributed by atoms with van der Waals surface area (Å²) in [7, 11) is -3.78. The molecule has 0 bridgehead atoms. The zero-order valence-electron chi connectivity index (χ0n) is 18.0. The molecule has 2 fully saturated rings. The van der Waals surface area contributed by atoms with Gasteiger partial charge < -0.3 is 9.64 Å². The molecule has 166 valence electrons. The summed E-state index contributed by atoms with van der Waals surface area (Å²) in [5, 5.41) is 0. The zero-order chi connectivity index (χ0) is 22.0. The second kappa shape index (κ2) is 9.08. The topological polar surface area (TPSA) is 70.2 Å². The normalized spacial score (nSPS) is 23.2. The van der Waals surface area contributed by atoms with Crippen molar-refractivity contribution in [2.24, 2.45) is 0 Å². The van der Waals surface area contributed by atoms with Crippen LogP contribution >= 0.6 is 0 Å². The highest BCUT2D eigenvalue weighted by molar-refractivity contribution is 7.89. The third-order valence-corrected chi connectivity index (χ3v) is 7.77. The first-order chi connectivity index (χ1) is 14.9. The first-order valence-electron chi connectivity index (χ1n) is 10.6. The van der Waals surface area contributed by atoms with Crippen molar-refractivity contribution in [3.05, 3.63) is 65.7 Å². The van der Waals surface area contributed by atoms with E-state index >= 15 is 0 Å². The Morgan fingerprint density at radius 2 is 1.68 bits per heavy atom. The Labute approximate surface area is 184 Å². The van der Waals surface area contributed by atoms with Crippen molar-refractivity contribution >= 4 is 15.9 Å². The quantitative estimate of drug-likeness (QED) is 0.709. The van der Waals surface area contributed by atoms with E-state index in [2.05, 4.69) is 4.90 Å². The average molecular weight is 444 g/mol. The van der Waals surface area contributed by atoms with E-state index in [1.54, 1.807) is 29.2 Å². The minimum Gasteiger partial charge on any atom is -0.379 e. The molecule has 2 aliphatic rings. The van der Waals surface area contributed by atoms with E-state index in [4.69, 9.17) is 4.74 Å². The maximum Gasteiger partial charge on any atom is 0.245 e. The van der Waals surface area contributed by atoms with E-state index in [-0.39, 0.29) is 29.9 Å². The first kappa shape index (κ1) is 22.0. The zero-order valence-corrected chi connectivity index (χ0v) is 18.8. The number of ether oxygens (including phenoxy) is 1. The van der Waals surface area contributed by atoms with E-state index < -0.39 is 16.2 Å². The Hall–Kier alpha value is -2.26. The predicted octanol–water partition coefficient (Wildman–Crippen LogP) is 2.25. The van der Waals surface area contributed by atoms with Crippen molar-refractivity contribution in [1.29, 1.82) is 0 Å². The number of rotatable bonds is 5. The van der Waals surface area contributed by atoms with Gasteiger partial charge in [-0.1, -0.05) is 48.0 Å². The summed E-state index contributed by atoms with van der Waals surface area (Å²) in [6, 6.07) is 16.0. The van der Waals surface area contributed by atoms with Gasteiger partial charge in [-0.25, -0.2) is 8.42 Å². The van der Waals surface area contributed by atoms with Crippen molar-refractivity contribution in [2.75, 3.05) is 39.4 Å². The van der Waals surface area contributed by atoms with Crippen LogP contribution in [0.1, 0.15) is 24.2 Å². The van der Waals surface area contributed by atoms with Gasteiger partial charge in [-0.05, 0) is 31.5 Å². The summed E-state index contributed by atoms with van der Waals surface area (Å²) < 4.78 is 34.0. The summed E-state index contributed by atoms with van der Waals surface area (Å²) >= 11 is 0. The fraction of sp³-hybridized carbons (Fsp3) is 0.435.